The Bertz CT molecular complexity index is 638. The first-order valence-electron chi connectivity index (χ1n) is 6.31. The molecule has 0 aliphatic heterocycles. The third kappa shape index (κ3) is 3.52. The Labute approximate surface area is 124 Å². The highest BCUT2D eigenvalue weighted by Crippen LogP contribution is 2.20. The maximum Gasteiger partial charge on any atom is 0.119 e. The van der Waals surface area contributed by atoms with Crippen LogP contribution < -0.4 is 10.2 Å². The standard InChI is InChI=1S/C16H17ClN2O/c1-11-7-8-14(10-16(11)17)19-18-12(2)13-5-4-6-15(9-13)20-3/h4-10,19H,1-3H3/b18-12-. The van der Waals surface area contributed by atoms with Crippen molar-refractivity contribution in [3.05, 3.63) is 58.6 Å². The molecule has 4 heteroatoms. The molecule has 2 aromatic carbocycles. The molecule has 0 heterocycles. The van der Waals surface area contributed by atoms with Crippen LogP contribution >= 0.6 is 11.6 Å². The van der Waals surface area contributed by atoms with Crippen LogP contribution in [0.5, 0.6) is 5.75 Å². The van der Waals surface area contributed by atoms with Crippen LogP contribution in [0, 0.1) is 6.92 Å². The summed E-state index contributed by atoms with van der Waals surface area (Å²) in [6.45, 7) is 3.91. The average Bonchev–Trinajstić information content (AvgIpc) is 2.48. The summed E-state index contributed by atoms with van der Waals surface area (Å²) in [7, 11) is 1.65. The topological polar surface area (TPSA) is 33.6 Å². The zero-order chi connectivity index (χ0) is 14.5. The van der Waals surface area contributed by atoms with Gasteiger partial charge < -0.3 is 4.74 Å². The Morgan fingerprint density at radius 3 is 2.70 bits per heavy atom. The number of hydrazone groups is 1. The predicted molar refractivity (Wildman–Crippen MR) is 85.0 cm³/mol. The molecule has 0 saturated carbocycles. The first kappa shape index (κ1) is 14.4. The van der Waals surface area contributed by atoms with Crippen LogP contribution in [-0.4, -0.2) is 12.8 Å². The normalized spacial score (nSPS) is 11.3. The number of aryl methyl sites for hydroxylation is 1. The van der Waals surface area contributed by atoms with Crippen molar-refractivity contribution >= 4 is 23.0 Å². The Morgan fingerprint density at radius 1 is 1.20 bits per heavy atom. The van der Waals surface area contributed by atoms with Gasteiger partial charge in [0, 0.05) is 10.6 Å². The molecule has 0 aliphatic rings. The Hall–Kier alpha value is -2.00. The van der Waals surface area contributed by atoms with Gasteiger partial charge >= 0.3 is 0 Å². The molecular formula is C16H17ClN2O. The van der Waals surface area contributed by atoms with E-state index in [2.05, 4.69) is 10.5 Å². The highest BCUT2D eigenvalue weighted by molar-refractivity contribution is 6.31. The van der Waals surface area contributed by atoms with Crippen LogP contribution in [0.3, 0.4) is 0 Å². The van der Waals surface area contributed by atoms with Crippen molar-refractivity contribution in [3.8, 4) is 5.75 Å². The number of halogens is 1. The molecule has 3 nitrogen and oxygen atoms in total. The molecule has 2 rings (SSSR count). The van der Waals surface area contributed by atoms with Crippen molar-refractivity contribution in [2.24, 2.45) is 5.10 Å². The molecule has 0 spiro atoms. The second-order valence-electron chi connectivity index (χ2n) is 4.50. The van der Waals surface area contributed by atoms with Crippen LogP contribution in [0.4, 0.5) is 5.69 Å². The van der Waals surface area contributed by atoms with E-state index in [1.54, 1.807) is 7.11 Å². The van der Waals surface area contributed by atoms with Gasteiger partial charge in [0.1, 0.15) is 5.75 Å². The van der Waals surface area contributed by atoms with E-state index in [0.29, 0.717) is 0 Å². The van der Waals surface area contributed by atoms with Crippen molar-refractivity contribution in [2.75, 3.05) is 12.5 Å². The Morgan fingerprint density at radius 2 is 2.00 bits per heavy atom. The van der Waals surface area contributed by atoms with Gasteiger partial charge in [0.2, 0.25) is 0 Å². The van der Waals surface area contributed by atoms with E-state index in [1.165, 1.54) is 0 Å². The first-order chi connectivity index (χ1) is 9.60. The fourth-order valence-corrected chi connectivity index (χ4v) is 1.90. The summed E-state index contributed by atoms with van der Waals surface area (Å²) >= 11 is 6.08. The molecule has 0 unspecified atom stereocenters. The van der Waals surface area contributed by atoms with E-state index >= 15 is 0 Å². The maximum absolute atomic E-state index is 6.08. The number of nitrogens with zero attached hydrogens (tertiary/aromatic N) is 1. The molecule has 0 atom stereocenters. The van der Waals surface area contributed by atoms with Gasteiger partial charge in [-0.1, -0.05) is 29.8 Å². The summed E-state index contributed by atoms with van der Waals surface area (Å²) in [6, 6.07) is 13.6. The summed E-state index contributed by atoms with van der Waals surface area (Å²) in [5, 5.41) is 5.09. The molecule has 0 aromatic heterocycles. The zero-order valence-electron chi connectivity index (χ0n) is 11.8. The van der Waals surface area contributed by atoms with Crippen molar-refractivity contribution < 1.29 is 4.74 Å². The number of rotatable bonds is 4. The fraction of sp³-hybridized carbons (Fsp3) is 0.188. The Balaban J connectivity index is 2.15. The first-order valence-corrected chi connectivity index (χ1v) is 6.69. The number of hydrogen-bond acceptors (Lipinski definition) is 3. The van der Waals surface area contributed by atoms with E-state index in [0.717, 1.165) is 33.3 Å². The molecule has 104 valence electrons. The molecule has 0 saturated heterocycles. The van der Waals surface area contributed by atoms with Crippen molar-refractivity contribution in [2.45, 2.75) is 13.8 Å². The lowest BCUT2D eigenvalue weighted by atomic mass is 10.1. The second-order valence-corrected chi connectivity index (χ2v) is 4.91. The zero-order valence-corrected chi connectivity index (χ0v) is 12.5. The number of ether oxygens (including phenoxy) is 1. The molecule has 0 bridgehead atoms. The van der Waals surface area contributed by atoms with E-state index in [-0.39, 0.29) is 0 Å². The van der Waals surface area contributed by atoms with Crippen LogP contribution in [0.25, 0.3) is 0 Å². The fourth-order valence-electron chi connectivity index (χ4n) is 1.72. The number of benzene rings is 2. The van der Waals surface area contributed by atoms with Gasteiger partial charge in [0.25, 0.3) is 0 Å². The van der Waals surface area contributed by atoms with Gasteiger partial charge in [-0.15, -0.1) is 0 Å². The smallest absolute Gasteiger partial charge is 0.119 e. The van der Waals surface area contributed by atoms with Gasteiger partial charge in [0.05, 0.1) is 18.5 Å². The van der Waals surface area contributed by atoms with Crippen LogP contribution in [0.2, 0.25) is 5.02 Å². The summed E-state index contributed by atoms with van der Waals surface area (Å²) in [5.74, 6) is 0.815. The molecular weight excluding hydrogens is 272 g/mol. The van der Waals surface area contributed by atoms with Gasteiger partial charge in [0.15, 0.2) is 0 Å². The molecule has 20 heavy (non-hydrogen) atoms. The third-order valence-corrected chi connectivity index (χ3v) is 3.42. The molecule has 1 N–H and O–H groups in total. The average molecular weight is 289 g/mol. The largest absolute Gasteiger partial charge is 0.497 e. The van der Waals surface area contributed by atoms with E-state index in [4.69, 9.17) is 16.3 Å². The van der Waals surface area contributed by atoms with E-state index < -0.39 is 0 Å². The monoisotopic (exact) mass is 288 g/mol. The number of hydrogen-bond donors (Lipinski definition) is 1. The third-order valence-electron chi connectivity index (χ3n) is 3.01. The molecule has 0 radical (unpaired) electrons. The van der Waals surface area contributed by atoms with Crippen molar-refractivity contribution in [3.63, 3.8) is 0 Å². The summed E-state index contributed by atoms with van der Waals surface area (Å²) < 4.78 is 5.20. The molecule has 0 aliphatic carbocycles. The summed E-state index contributed by atoms with van der Waals surface area (Å²) in [6.07, 6.45) is 0. The van der Waals surface area contributed by atoms with E-state index in [1.807, 2.05) is 56.3 Å². The van der Waals surface area contributed by atoms with Gasteiger partial charge in [-0.3, -0.25) is 5.43 Å². The highest BCUT2D eigenvalue weighted by Gasteiger charge is 2.00. The summed E-state index contributed by atoms with van der Waals surface area (Å²) in [5.41, 5.74) is 6.81. The van der Waals surface area contributed by atoms with Crippen LogP contribution in [0.15, 0.2) is 47.6 Å². The van der Waals surface area contributed by atoms with Gasteiger partial charge in [-0.25, -0.2) is 0 Å². The molecule has 2 aromatic rings. The highest BCUT2D eigenvalue weighted by atomic mass is 35.5. The second kappa shape index (κ2) is 6.44. The van der Waals surface area contributed by atoms with E-state index in [9.17, 15) is 0 Å². The predicted octanol–water partition coefficient (Wildman–Crippen LogP) is 4.49. The molecule has 0 amide bonds. The Kier molecular flexibility index (Phi) is 4.64. The lowest BCUT2D eigenvalue weighted by molar-refractivity contribution is 0.414. The number of nitrogens with one attached hydrogen (secondary N) is 1. The lowest BCUT2D eigenvalue weighted by Gasteiger charge is -2.06. The minimum atomic E-state index is 0.726. The van der Waals surface area contributed by atoms with Gasteiger partial charge in [-0.2, -0.15) is 5.10 Å². The van der Waals surface area contributed by atoms with Crippen LogP contribution in [0.1, 0.15) is 18.1 Å². The maximum atomic E-state index is 6.08. The quantitative estimate of drug-likeness (QED) is 0.664. The van der Waals surface area contributed by atoms with Crippen LogP contribution in [-0.2, 0) is 0 Å². The number of anilines is 1. The van der Waals surface area contributed by atoms with Crippen molar-refractivity contribution in [1.29, 1.82) is 0 Å². The van der Waals surface area contributed by atoms with Gasteiger partial charge in [-0.05, 0) is 43.7 Å². The minimum Gasteiger partial charge on any atom is -0.497 e. The summed E-state index contributed by atoms with van der Waals surface area (Å²) in [4.78, 5) is 0. The minimum absolute atomic E-state index is 0.726. The lowest BCUT2D eigenvalue weighted by Crippen LogP contribution is -2.00. The SMILES string of the molecule is COc1cccc(/C(C)=N\Nc2ccc(C)c(Cl)c2)c1. The molecule has 0 fully saturated rings. The number of methoxy groups -OCH3 is 1. The van der Waals surface area contributed by atoms with Crippen molar-refractivity contribution in [1.82, 2.24) is 0 Å².